The van der Waals surface area contributed by atoms with Gasteiger partial charge in [-0.05, 0) is 0 Å². The Kier molecular flexibility index (Phi) is 13.2. The first kappa shape index (κ1) is 42.2. The van der Waals surface area contributed by atoms with Gasteiger partial charge < -0.3 is 51.7 Å². The number of rotatable bonds is 17. The van der Waals surface area contributed by atoms with Gasteiger partial charge in [-0.3, -0.25) is 25.1 Å². The van der Waals surface area contributed by atoms with Crippen LogP contribution in [-0.2, 0) is 102 Å². The van der Waals surface area contributed by atoms with E-state index in [-0.39, 0.29) is 0 Å². The van der Waals surface area contributed by atoms with Gasteiger partial charge >= 0.3 is 0 Å². The van der Waals surface area contributed by atoms with Crippen LogP contribution in [0.1, 0.15) is 0 Å². The van der Waals surface area contributed by atoms with Crippen molar-refractivity contribution in [1.82, 2.24) is 0 Å². The van der Waals surface area contributed by atoms with E-state index in [9.17, 15) is 88.0 Å². The van der Waals surface area contributed by atoms with Crippen LogP contribution in [0.5, 0.6) is 0 Å². The Bertz CT molecular complexity index is 1770. The lowest BCUT2D eigenvalue weighted by Gasteiger charge is -2.46. The van der Waals surface area contributed by atoms with E-state index in [1.165, 1.54) is 0 Å². The molecule has 0 saturated carbocycles. The molecule has 2 saturated heterocycles. The highest BCUT2D eigenvalue weighted by Crippen LogP contribution is 2.42. The van der Waals surface area contributed by atoms with Crippen molar-refractivity contribution >= 4 is 62.4 Å². The van der Waals surface area contributed by atoms with E-state index in [4.69, 9.17) is 14.2 Å². The van der Waals surface area contributed by atoms with Crippen LogP contribution in [0, 0.1) is 0 Å². The van der Waals surface area contributed by atoms with Crippen LogP contribution in [0.4, 0.5) is 0 Å². The summed E-state index contributed by atoms with van der Waals surface area (Å²) >= 11 is 0. The first-order chi connectivity index (χ1) is 20.8. The molecule has 0 aromatic heterocycles. The lowest BCUT2D eigenvalue weighted by atomic mass is 9.99. The largest absolute Gasteiger partial charge is 0.726 e. The zero-order valence-electron chi connectivity index (χ0n) is 21.6. The molecule has 0 bridgehead atoms. The maximum atomic E-state index is 11.6. The fourth-order valence-corrected chi connectivity index (χ4v) is 6.42. The third-order valence-corrected chi connectivity index (χ3v) is 7.90. The molecule has 2 aliphatic heterocycles. The molecule has 0 spiro atoms. The van der Waals surface area contributed by atoms with Crippen LogP contribution in [0.3, 0.4) is 0 Å². The molecular weight excluding hydrogens is 801 g/mol. The standard InChI is InChI=1S/C12H22O29S6/c13-1-4-6(14)8(39-45(24,25)26)9(40-46(27,28)29)11(35-4)37-12(3-34-43(18,19)20)10(41-47(30,31)32)7(38-44(21,22)23)5(36-12)2-33-42(15,16)17/h4-11,13-14H,1-3H2,(H,15,16,17)(H,18,19,20)(H,21,22,23)(H,24,25,26)(H,27,28,29)(H,30,31,32)/p-6. The molecule has 9 unspecified atom stereocenters. The molecule has 9 atom stereocenters. The SMILES string of the molecule is O=S(=O)([O-])OCC1OC(COS(=O)(=O)[O-])(OC2OC(CO)C(O)C(OS(=O)(=O)[O-])C2OS(=O)(=O)[O-])C(OS(=O)(=O)[O-])C1OS(=O)(=O)[O-]. The van der Waals surface area contributed by atoms with Crippen molar-refractivity contribution in [3.63, 3.8) is 0 Å². The quantitative estimate of drug-likeness (QED) is 0.102. The number of aliphatic hydroxyl groups is 2. The van der Waals surface area contributed by atoms with Gasteiger partial charge in [0.2, 0.25) is 68.2 Å². The molecule has 2 fully saturated rings. The van der Waals surface area contributed by atoms with Crippen LogP contribution in [-0.4, -0.2) is 163 Å². The van der Waals surface area contributed by atoms with Gasteiger partial charge in [-0.1, -0.05) is 0 Å². The summed E-state index contributed by atoms with van der Waals surface area (Å²) in [6, 6.07) is 0. The number of ether oxygens (including phenoxy) is 3. The van der Waals surface area contributed by atoms with Gasteiger partial charge in [-0.25, -0.2) is 50.5 Å². The monoisotopic (exact) mass is 816 g/mol. The summed E-state index contributed by atoms with van der Waals surface area (Å²) in [5.74, 6) is -3.99. The molecule has 2 heterocycles. The van der Waals surface area contributed by atoms with E-state index in [0.717, 1.165) is 0 Å². The van der Waals surface area contributed by atoms with Crippen molar-refractivity contribution in [3.05, 3.63) is 0 Å². The topological polar surface area (TPSA) is 467 Å². The second-order valence-electron chi connectivity index (χ2n) is 8.50. The van der Waals surface area contributed by atoms with Crippen LogP contribution < -0.4 is 0 Å². The molecular formula is C12H16O29S6-6. The first-order valence-corrected chi connectivity index (χ1v) is 18.9. The molecule has 0 aromatic rings. The summed E-state index contributed by atoms with van der Waals surface area (Å²) in [6.45, 7) is -5.71. The third kappa shape index (κ3) is 13.7. The van der Waals surface area contributed by atoms with Crippen molar-refractivity contribution in [1.29, 1.82) is 0 Å². The molecule has 2 N–H and O–H groups in total. The highest BCUT2D eigenvalue weighted by molar-refractivity contribution is 7.82. The predicted octanol–water partition coefficient (Wildman–Crippen LogP) is -8.49. The molecule has 0 amide bonds. The fraction of sp³-hybridized carbons (Fsp3) is 1.00. The molecule has 2 rings (SSSR count). The van der Waals surface area contributed by atoms with E-state index in [0.29, 0.717) is 0 Å². The highest BCUT2D eigenvalue weighted by Gasteiger charge is 2.63. The molecule has 29 nitrogen and oxygen atoms in total. The van der Waals surface area contributed by atoms with Gasteiger partial charge in [0.05, 0.1) is 13.2 Å². The summed E-state index contributed by atoms with van der Waals surface area (Å²) < 4.78 is 242. The second kappa shape index (κ2) is 14.7. The third-order valence-electron chi connectivity index (χ3n) is 5.25. The Labute approximate surface area is 263 Å². The second-order valence-corrected chi connectivity index (χ2v) is 14.6. The Morgan fingerprint density at radius 2 is 1.04 bits per heavy atom. The van der Waals surface area contributed by atoms with E-state index in [1.54, 1.807) is 0 Å². The van der Waals surface area contributed by atoms with Gasteiger partial charge in [0.25, 0.3) is 0 Å². The van der Waals surface area contributed by atoms with Crippen molar-refractivity contribution in [2.45, 2.75) is 54.8 Å². The normalized spacial score (nSPS) is 33.2. The molecule has 0 radical (unpaired) electrons. The van der Waals surface area contributed by atoms with Crippen LogP contribution in [0.2, 0.25) is 0 Å². The predicted molar refractivity (Wildman–Crippen MR) is 120 cm³/mol. The number of aliphatic hydroxyl groups excluding tert-OH is 2. The molecule has 2 aliphatic rings. The minimum Gasteiger partial charge on any atom is -0.726 e. The number of hydrogen-bond donors (Lipinski definition) is 2. The average molecular weight is 817 g/mol. The fourth-order valence-electron chi connectivity index (χ4n) is 3.84. The van der Waals surface area contributed by atoms with Crippen LogP contribution in [0.25, 0.3) is 0 Å². The minimum atomic E-state index is -6.36. The van der Waals surface area contributed by atoms with E-state index in [2.05, 4.69) is 25.1 Å². The van der Waals surface area contributed by atoms with Gasteiger partial charge in [0.15, 0.2) is 18.5 Å². The van der Waals surface area contributed by atoms with E-state index < -0.39 is 137 Å². The Hall–Kier alpha value is -0.980. The zero-order chi connectivity index (χ0) is 36.6. The van der Waals surface area contributed by atoms with Crippen LogP contribution in [0.15, 0.2) is 0 Å². The maximum Gasteiger partial charge on any atom is 0.227 e. The van der Waals surface area contributed by atoms with Crippen LogP contribution >= 0.6 is 0 Å². The Morgan fingerprint density at radius 3 is 1.47 bits per heavy atom. The Balaban J connectivity index is 2.90. The smallest absolute Gasteiger partial charge is 0.227 e. The summed E-state index contributed by atoms with van der Waals surface area (Å²) in [6.07, 6.45) is -23.8. The summed E-state index contributed by atoms with van der Waals surface area (Å²) in [5.41, 5.74) is 0. The van der Waals surface area contributed by atoms with Crippen molar-refractivity contribution in [3.8, 4) is 0 Å². The minimum absolute atomic E-state index is 1.51. The molecule has 47 heavy (non-hydrogen) atoms. The lowest BCUT2D eigenvalue weighted by molar-refractivity contribution is -0.376. The molecule has 35 heteroatoms. The zero-order valence-corrected chi connectivity index (χ0v) is 26.5. The van der Waals surface area contributed by atoms with Gasteiger partial charge in [-0.2, -0.15) is 0 Å². The van der Waals surface area contributed by atoms with Crippen molar-refractivity contribution < 1.29 is 127 Å². The lowest BCUT2D eigenvalue weighted by Crippen LogP contribution is -2.65. The van der Waals surface area contributed by atoms with E-state index in [1.807, 2.05) is 0 Å². The first-order valence-electron chi connectivity index (χ1n) is 10.9. The molecule has 0 aliphatic carbocycles. The molecule has 280 valence electrons. The van der Waals surface area contributed by atoms with Crippen molar-refractivity contribution in [2.24, 2.45) is 0 Å². The van der Waals surface area contributed by atoms with Gasteiger partial charge in [0, 0.05) is 0 Å². The maximum absolute atomic E-state index is 11.6. The summed E-state index contributed by atoms with van der Waals surface area (Å²) in [4.78, 5) is 0. The van der Waals surface area contributed by atoms with Crippen molar-refractivity contribution in [2.75, 3.05) is 19.8 Å². The van der Waals surface area contributed by atoms with Gasteiger partial charge in [-0.15, -0.1) is 0 Å². The average Bonchev–Trinajstić information content (AvgIpc) is 3.08. The highest BCUT2D eigenvalue weighted by atomic mass is 32.3. The summed E-state index contributed by atoms with van der Waals surface area (Å²) in [5, 5.41) is 19.8. The van der Waals surface area contributed by atoms with Gasteiger partial charge in [0.1, 0.15) is 37.1 Å². The Morgan fingerprint density at radius 1 is 0.596 bits per heavy atom. The number of hydrogen-bond acceptors (Lipinski definition) is 29. The summed E-state index contributed by atoms with van der Waals surface area (Å²) in [7, 11) is -36.9. The molecule has 0 aromatic carbocycles. The van der Waals surface area contributed by atoms with E-state index >= 15 is 0 Å².